The molecule has 5 heteroatoms. The molecule has 0 saturated carbocycles. The van der Waals surface area contributed by atoms with Gasteiger partial charge in [-0.05, 0) is 29.7 Å². The first-order valence-electron chi connectivity index (χ1n) is 9.38. The first-order valence-corrected chi connectivity index (χ1v) is 9.38. The molecule has 0 spiro atoms. The number of benzene rings is 2. The summed E-state index contributed by atoms with van der Waals surface area (Å²) in [5, 5.41) is 2.99. The molecule has 1 saturated heterocycles. The summed E-state index contributed by atoms with van der Waals surface area (Å²) in [4.78, 5) is 28.6. The third kappa shape index (κ3) is 5.09. The molecule has 1 unspecified atom stereocenters. The van der Waals surface area contributed by atoms with Crippen LogP contribution in [0.15, 0.2) is 54.6 Å². The molecule has 142 valence electrons. The van der Waals surface area contributed by atoms with Crippen molar-refractivity contribution in [1.29, 1.82) is 0 Å². The highest BCUT2D eigenvalue weighted by Crippen LogP contribution is 2.19. The van der Waals surface area contributed by atoms with E-state index < -0.39 is 0 Å². The van der Waals surface area contributed by atoms with Crippen molar-refractivity contribution < 1.29 is 9.59 Å². The van der Waals surface area contributed by atoms with Crippen molar-refractivity contribution in [2.24, 2.45) is 5.92 Å². The molecule has 0 aliphatic carbocycles. The fourth-order valence-electron chi connectivity index (χ4n) is 3.35. The quantitative estimate of drug-likeness (QED) is 0.820. The zero-order chi connectivity index (χ0) is 19.2. The molecule has 2 aromatic rings. The third-order valence-corrected chi connectivity index (χ3v) is 4.99. The van der Waals surface area contributed by atoms with Crippen LogP contribution in [0.25, 0.3) is 0 Å². The van der Waals surface area contributed by atoms with Crippen LogP contribution in [0.2, 0.25) is 0 Å². The van der Waals surface area contributed by atoms with Gasteiger partial charge in [-0.15, -0.1) is 0 Å². The van der Waals surface area contributed by atoms with Crippen LogP contribution in [0.4, 0.5) is 5.69 Å². The van der Waals surface area contributed by atoms with Gasteiger partial charge in [-0.3, -0.25) is 9.59 Å². The van der Waals surface area contributed by atoms with Gasteiger partial charge >= 0.3 is 0 Å². The van der Waals surface area contributed by atoms with Gasteiger partial charge < -0.3 is 15.1 Å². The number of nitrogens with one attached hydrogen (secondary N) is 1. The van der Waals surface area contributed by atoms with E-state index in [1.54, 1.807) is 0 Å². The fraction of sp³-hybridized carbons (Fsp3) is 0.364. The highest BCUT2D eigenvalue weighted by molar-refractivity contribution is 5.89. The Kier molecular flexibility index (Phi) is 6.12. The molecule has 0 radical (unpaired) electrons. The van der Waals surface area contributed by atoms with Crippen molar-refractivity contribution in [1.82, 2.24) is 10.2 Å². The maximum absolute atomic E-state index is 12.5. The number of amides is 2. The van der Waals surface area contributed by atoms with Gasteiger partial charge in [-0.2, -0.15) is 0 Å². The van der Waals surface area contributed by atoms with Crippen LogP contribution < -0.4 is 10.2 Å². The van der Waals surface area contributed by atoms with Gasteiger partial charge in [0.25, 0.3) is 0 Å². The predicted octanol–water partition coefficient (Wildman–Crippen LogP) is 2.46. The van der Waals surface area contributed by atoms with E-state index in [9.17, 15) is 9.59 Å². The van der Waals surface area contributed by atoms with Crippen LogP contribution in [0, 0.1) is 5.92 Å². The second-order valence-electron chi connectivity index (χ2n) is 7.26. The molecule has 0 bridgehead atoms. The van der Waals surface area contributed by atoms with Crippen LogP contribution in [-0.2, 0) is 22.6 Å². The van der Waals surface area contributed by atoms with Gasteiger partial charge in [0.15, 0.2) is 0 Å². The summed E-state index contributed by atoms with van der Waals surface area (Å²) in [6.45, 7) is 1.65. The lowest BCUT2D eigenvalue weighted by atomic mass is 10.1. The smallest absolute Gasteiger partial charge is 0.225 e. The monoisotopic (exact) mass is 365 g/mol. The summed E-state index contributed by atoms with van der Waals surface area (Å²) >= 11 is 0. The van der Waals surface area contributed by atoms with Gasteiger partial charge in [0.05, 0.1) is 5.92 Å². The van der Waals surface area contributed by atoms with Crippen molar-refractivity contribution in [3.05, 3.63) is 65.7 Å². The zero-order valence-electron chi connectivity index (χ0n) is 16.0. The Morgan fingerprint density at radius 1 is 1.11 bits per heavy atom. The summed E-state index contributed by atoms with van der Waals surface area (Å²) in [7, 11) is 3.98. The van der Waals surface area contributed by atoms with E-state index >= 15 is 0 Å². The minimum atomic E-state index is -0.259. The van der Waals surface area contributed by atoms with Crippen LogP contribution in [0.1, 0.15) is 17.5 Å². The Morgan fingerprint density at radius 2 is 1.85 bits per heavy atom. The SMILES string of the molecule is CN(C)c1cccc(CNC(=O)C2CC(=O)N(CCc3ccccc3)C2)c1. The van der Waals surface area contributed by atoms with E-state index in [2.05, 4.69) is 23.5 Å². The molecule has 0 aromatic heterocycles. The third-order valence-electron chi connectivity index (χ3n) is 4.99. The van der Waals surface area contributed by atoms with Crippen molar-refractivity contribution >= 4 is 17.5 Å². The van der Waals surface area contributed by atoms with E-state index in [1.165, 1.54) is 5.56 Å². The number of nitrogens with zero attached hydrogens (tertiary/aromatic N) is 2. The molecular formula is C22H27N3O2. The molecule has 1 heterocycles. The van der Waals surface area contributed by atoms with E-state index in [0.717, 1.165) is 17.7 Å². The molecule has 1 N–H and O–H groups in total. The molecular weight excluding hydrogens is 338 g/mol. The molecule has 3 rings (SSSR count). The normalized spacial score (nSPS) is 16.4. The Hall–Kier alpha value is -2.82. The van der Waals surface area contributed by atoms with Gasteiger partial charge in [0, 0.05) is 45.8 Å². The topological polar surface area (TPSA) is 52.7 Å². The maximum Gasteiger partial charge on any atom is 0.225 e. The fourth-order valence-corrected chi connectivity index (χ4v) is 3.35. The molecule has 27 heavy (non-hydrogen) atoms. The second kappa shape index (κ2) is 8.71. The van der Waals surface area contributed by atoms with Crippen LogP contribution in [0.3, 0.4) is 0 Å². The Balaban J connectivity index is 1.49. The van der Waals surface area contributed by atoms with E-state index in [1.807, 2.05) is 60.3 Å². The van der Waals surface area contributed by atoms with Gasteiger partial charge in [-0.1, -0.05) is 42.5 Å². The number of hydrogen-bond donors (Lipinski definition) is 1. The lowest BCUT2D eigenvalue weighted by Gasteiger charge is -2.17. The van der Waals surface area contributed by atoms with Gasteiger partial charge in [-0.25, -0.2) is 0 Å². The maximum atomic E-state index is 12.5. The molecule has 2 aromatic carbocycles. The highest BCUT2D eigenvalue weighted by Gasteiger charge is 2.33. The van der Waals surface area contributed by atoms with Crippen LogP contribution in [0.5, 0.6) is 0 Å². The molecule has 1 aliphatic heterocycles. The van der Waals surface area contributed by atoms with E-state index in [4.69, 9.17) is 0 Å². The first kappa shape index (κ1) is 19.0. The number of hydrogen-bond acceptors (Lipinski definition) is 3. The van der Waals surface area contributed by atoms with Crippen LogP contribution in [-0.4, -0.2) is 43.9 Å². The first-order chi connectivity index (χ1) is 13.0. The number of likely N-dealkylation sites (tertiary alicyclic amines) is 1. The van der Waals surface area contributed by atoms with Crippen molar-refractivity contribution in [3.8, 4) is 0 Å². The number of carbonyl (C=O) groups excluding carboxylic acids is 2. The van der Waals surface area contributed by atoms with Crippen molar-refractivity contribution in [2.75, 3.05) is 32.1 Å². The Morgan fingerprint density at radius 3 is 2.59 bits per heavy atom. The standard InChI is InChI=1S/C22H27N3O2/c1-24(2)20-10-6-9-18(13-20)15-23-22(27)19-14-21(26)25(16-19)12-11-17-7-4-3-5-8-17/h3-10,13,19H,11-12,14-16H2,1-2H3,(H,23,27). The summed E-state index contributed by atoms with van der Waals surface area (Å²) in [5.74, 6) is -0.230. The minimum Gasteiger partial charge on any atom is -0.378 e. The van der Waals surface area contributed by atoms with Crippen LogP contribution >= 0.6 is 0 Å². The Labute approximate surface area is 161 Å². The Bertz CT molecular complexity index is 789. The lowest BCUT2D eigenvalue weighted by molar-refractivity contribution is -0.129. The van der Waals surface area contributed by atoms with E-state index in [-0.39, 0.29) is 17.7 Å². The molecule has 1 aliphatic rings. The number of anilines is 1. The average Bonchev–Trinajstić information content (AvgIpc) is 3.06. The van der Waals surface area contributed by atoms with Gasteiger partial charge in [0.2, 0.25) is 11.8 Å². The lowest BCUT2D eigenvalue weighted by Crippen LogP contribution is -2.33. The molecule has 5 nitrogen and oxygen atoms in total. The number of carbonyl (C=O) groups is 2. The summed E-state index contributed by atoms with van der Waals surface area (Å²) in [5.41, 5.74) is 3.36. The predicted molar refractivity (Wildman–Crippen MR) is 107 cm³/mol. The zero-order valence-corrected chi connectivity index (χ0v) is 16.0. The molecule has 2 amide bonds. The second-order valence-corrected chi connectivity index (χ2v) is 7.26. The average molecular weight is 365 g/mol. The van der Waals surface area contributed by atoms with Crippen molar-refractivity contribution in [2.45, 2.75) is 19.4 Å². The molecule has 1 atom stereocenters. The van der Waals surface area contributed by atoms with Crippen molar-refractivity contribution in [3.63, 3.8) is 0 Å². The largest absolute Gasteiger partial charge is 0.378 e. The highest BCUT2D eigenvalue weighted by atomic mass is 16.2. The summed E-state index contributed by atoms with van der Waals surface area (Å²) in [6.07, 6.45) is 1.12. The van der Waals surface area contributed by atoms with E-state index in [0.29, 0.717) is 26.1 Å². The molecule has 1 fully saturated rings. The number of rotatable bonds is 7. The summed E-state index contributed by atoms with van der Waals surface area (Å²) in [6, 6.07) is 18.2. The van der Waals surface area contributed by atoms with Gasteiger partial charge in [0.1, 0.15) is 0 Å². The minimum absolute atomic E-state index is 0.0409. The summed E-state index contributed by atoms with van der Waals surface area (Å²) < 4.78 is 0.